The summed E-state index contributed by atoms with van der Waals surface area (Å²) in [5.41, 5.74) is 0. The molecular weight excluding hydrogens is 276 g/mol. The molecule has 1 unspecified atom stereocenters. The maximum absolute atomic E-state index is 12.2. The van der Waals surface area contributed by atoms with E-state index in [1.165, 1.54) is 10.9 Å². The van der Waals surface area contributed by atoms with E-state index >= 15 is 0 Å². The van der Waals surface area contributed by atoms with E-state index in [0.29, 0.717) is 19.3 Å². The fourth-order valence-electron chi connectivity index (χ4n) is 1.98. The molecule has 0 fully saturated rings. The maximum Gasteiger partial charge on any atom is 0.501 e. The van der Waals surface area contributed by atoms with E-state index in [4.69, 9.17) is 13.3 Å². The SMILES string of the molecule is CCC[Si](OCC)(OCC)OC(C)C(=O)n1ccnc1. The van der Waals surface area contributed by atoms with Gasteiger partial charge in [-0.2, -0.15) is 0 Å². The lowest BCUT2D eigenvalue weighted by Gasteiger charge is -2.31. The van der Waals surface area contributed by atoms with Gasteiger partial charge in [-0.1, -0.05) is 13.3 Å². The predicted octanol–water partition coefficient (Wildman–Crippen LogP) is 2.35. The Hall–Kier alpha value is -1.02. The van der Waals surface area contributed by atoms with Crippen molar-refractivity contribution in [3.8, 4) is 0 Å². The highest BCUT2D eigenvalue weighted by atomic mass is 28.4. The smallest absolute Gasteiger partial charge is 0.374 e. The molecule has 7 heteroatoms. The normalized spacial score (nSPS) is 13.4. The van der Waals surface area contributed by atoms with Crippen LogP contribution < -0.4 is 0 Å². The third-order valence-corrected chi connectivity index (χ3v) is 6.03. The zero-order valence-corrected chi connectivity index (χ0v) is 13.7. The van der Waals surface area contributed by atoms with Gasteiger partial charge in [0.15, 0.2) is 0 Å². The lowest BCUT2D eigenvalue weighted by molar-refractivity contribution is 0.0292. The van der Waals surface area contributed by atoms with Crippen LogP contribution in [0.3, 0.4) is 0 Å². The van der Waals surface area contributed by atoms with Gasteiger partial charge in [0.25, 0.3) is 5.91 Å². The molecule has 0 N–H and O–H groups in total. The van der Waals surface area contributed by atoms with Crippen molar-refractivity contribution in [2.75, 3.05) is 13.2 Å². The summed E-state index contributed by atoms with van der Waals surface area (Å²) < 4.78 is 18.9. The Bertz CT molecular complexity index is 380. The van der Waals surface area contributed by atoms with E-state index in [-0.39, 0.29) is 5.91 Å². The third kappa shape index (κ3) is 4.52. The molecule has 1 aromatic rings. The van der Waals surface area contributed by atoms with Gasteiger partial charge in [0.1, 0.15) is 12.4 Å². The van der Waals surface area contributed by atoms with Crippen molar-refractivity contribution < 1.29 is 18.1 Å². The number of hydrogen-bond donors (Lipinski definition) is 0. The molecule has 0 aliphatic heterocycles. The van der Waals surface area contributed by atoms with Crippen LogP contribution in [0.5, 0.6) is 0 Å². The van der Waals surface area contributed by atoms with Crippen molar-refractivity contribution in [3.63, 3.8) is 0 Å². The summed E-state index contributed by atoms with van der Waals surface area (Å²) >= 11 is 0. The van der Waals surface area contributed by atoms with Crippen LogP contribution in [0.1, 0.15) is 38.9 Å². The summed E-state index contributed by atoms with van der Waals surface area (Å²) in [7, 11) is -2.79. The van der Waals surface area contributed by atoms with Crippen LogP contribution in [-0.2, 0) is 13.3 Å². The molecule has 1 atom stereocenters. The number of aromatic nitrogens is 2. The molecule has 114 valence electrons. The minimum absolute atomic E-state index is 0.171. The average Bonchev–Trinajstić information content (AvgIpc) is 2.92. The largest absolute Gasteiger partial charge is 0.501 e. The molecule has 1 heterocycles. The zero-order valence-electron chi connectivity index (χ0n) is 12.7. The first-order valence-electron chi connectivity index (χ1n) is 7.06. The minimum Gasteiger partial charge on any atom is -0.374 e. The van der Waals surface area contributed by atoms with Gasteiger partial charge in [-0.25, -0.2) is 4.98 Å². The number of carbonyl (C=O) groups is 1. The van der Waals surface area contributed by atoms with Gasteiger partial charge in [0.05, 0.1) is 0 Å². The summed E-state index contributed by atoms with van der Waals surface area (Å²) in [6, 6.07) is 0.705. The standard InChI is InChI=1S/C13H24N2O4Si/c1-5-10-20(17-6-2,18-7-3)19-12(4)13(16)15-9-8-14-11-15/h8-9,11-12H,5-7,10H2,1-4H3. The minimum atomic E-state index is -2.79. The van der Waals surface area contributed by atoms with Crippen LogP contribution in [0.2, 0.25) is 6.04 Å². The summed E-state index contributed by atoms with van der Waals surface area (Å²) in [5.74, 6) is -0.171. The monoisotopic (exact) mass is 300 g/mol. The van der Waals surface area contributed by atoms with Crippen LogP contribution in [0, 0.1) is 0 Å². The summed E-state index contributed by atoms with van der Waals surface area (Å²) in [5, 5.41) is 0. The first-order chi connectivity index (χ1) is 9.58. The predicted molar refractivity (Wildman–Crippen MR) is 77.5 cm³/mol. The van der Waals surface area contributed by atoms with Crippen molar-refractivity contribution in [2.24, 2.45) is 0 Å². The third-order valence-electron chi connectivity index (χ3n) is 2.75. The number of rotatable bonds is 9. The van der Waals surface area contributed by atoms with Crippen LogP contribution in [0.4, 0.5) is 0 Å². The molecule has 0 radical (unpaired) electrons. The van der Waals surface area contributed by atoms with E-state index < -0.39 is 14.9 Å². The Balaban J connectivity index is 2.79. The Morgan fingerprint density at radius 1 is 1.30 bits per heavy atom. The molecule has 0 aliphatic rings. The number of nitrogens with zero attached hydrogens (tertiary/aromatic N) is 2. The topological polar surface area (TPSA) is 62.6 Å². The second-order valence-electron chi connectivity index (χ2n) is 4.37. The Morgan fingerprint density at radius 2 is 1.95 bits per heavy atom. The molecule has 1 rings (SSSR count). The van der Waals surface area contributed by atoms with Crippen LogP contribution >= 0.6 is 0 Å². The second kappa shape index (κ2) is 8.31. The lowest BCUT2D eigenvalue weighted by atomic mass is 10.4. The maximum atomic E-state index is 12.2. The van der Waals surface area contributed by atoms with Crippen LogP contribution in [0.25, 0.3) is 0 Å². The van der Waals surface area contributed by atoms with Crippen molar-refractivity contribution >= 4 is 14.7 Å². The van der Waals surface area contributed by atoms with Crippen molar-refractivity contribution in [2.45, 2.75) is 46.3 Å². The molecule has 1 aromatic heterocycles. The highest BCUT2D eigenvalue weighted by Gasteiger charge is 2.42. The van der Waals surface area contributed by atoms with Gasteiger partial charge in [-0.3, -0.25) is 9.36 Å². The van der Waals surface area contributed by atoms with Crippen LogP contribution in [0.15, 0.2) is 18.7 Å². The second-order valence-corrected chi connectivity index (χ2v) is 7.05. The molecule has 0 saturated heterocycles. The summed E-state index contributed by atoms with van der Waals surface area (Å²) in [6.07, 6.45) is 4.89. The lowest BCUT2D eigenvalue weighted by Crippen LogP contribution is -2.50. The van der Waals surface area contributed by atoms with Crippen LogP contribution in [-0.4, -0.2) is 43.6 Å². The molecule has 0 aliphatic carbocycles. The van der Waals surface area contributed by atoms with Crippen molar-refractivity contribution in [1.82, 2.24) is 9.55 Å². The molecular formula is C13H24N2O4Si. The van der Waals surface area contributed by atoms with E-state index in [1.807, 2.05) is 20.8 Å². The quantitative estimate of drug-likeness (QED) is 0.655. The molecule has 0 aromatic carbocycles. The number of imidazole rings is 1. The van der Waals surface area contributed by atoms with Gasteiger partial charge in [0.2, 0.25) is 0 Å². The highest BCUT2D eigenvalue weighted by molar-refractivity contribution is 6.60. The molecule has 0 saturated carbocycles. The summed E-state index contributed by atoms with van der Waals surface area (Å²) in [4.78, 5) is 16.1. The zero-order chi connectivity index (χ0) is 15.0. The molecule has 0 spiro atoms. The van der Waals surface area contributed by atoms with E-state index in [2.05, 4.69) is 4.98 Å². The van der Waals surface area contributed by atoms with E-state index in [9.17, 15) is 4.79 Å². The number of carbonyl (C=O) groups excluding carboxylic acids is 1. The van der Waals surface area contributed by atoms with Gasteiger partial charge in [-0.05, 0) is 20.8 Å². The van der Waals surface area contributed by atoms with E-state index in [1.54, 1.807) is 19.3 Å². The molecule has 20 heavy (non-hydrogen) atoms. The Labute approximate surface area is 121 Å². The highest BCUT2D eigenvalue weighted by Crippen LogP contribution is 2.20. The Morgan fingerprint density at radius 3 is 2.40 bits per heavy atom. The number of hydrogen-bond acceptors (Lipinski definition) is 5. The van der Waals surface area contributed by atoms with Gasteiger partial charge < -0.3 is 13.3 Å². The van der Waals surface area contributed by atoms with Gasteiger partial charge >= 0.3 is 8.80 Å². The fourth-order valence-corrected chi connectivity index (χ4v) is 4.74. The fraction of sp³-hybridized carbons (Fsp3) is 0.692. The van der Waals surface area contributed by atoms with Crippen molar-refractivity contribution in [1.29, 1.82) is 0 Å². The molecule has 6 nitrogen and oxygen atoms in total. The van der Waals surface area contributed by atoms with E-state index in [0.717, 1.165) is 6.42 Å². The van der Waals surface area contributed by atoms with Gasteiger partial charge in [0, 0.05) is 31.7 Å². The molecule has 0 amide bonds. The average molecular weight is 300 g/mol. The first kappa shape index (κ1) is 17.0. The Kier molecular flexibility index (Phi) is 7.07. The summed E-state index contributed by atoms with van der Waals surface area (Å²) in [6.45, 7) is 8.60. The molecule has 0 bridgehead atoms. The van der Waals surface area contributed by atoms with Crippen molar-refractivity contribution in [3.05, 3.63) is 18.7 Å². The first-order valence-corrected chi connectivity index (χ1v) is 8.99. The van der Waals surface area contributed by atoms with Gasteiger partial charge in [-0.15, -0.1) is 0 Å².